The second kappa shape index (κ2) is 8.75. The topological polar surface area (TPSA) is 50.2 Å². The van der Waals surface area contributed by atoms with Crippen LogP contribution in [0.2, 0.25) is 5.02 Å². The zero-order chi connectivity index (χ0) is 22.9. The summed E-state index contributed by atoms with van der Waals surface area (Å²) in [5.74, 6) is 1.45. The molecule has 0 saturated carbocycles. The number of H-pyrrole nitrogens is 1. The van der Waals surface area contributed by atoms with Crippen molar-refractivity contribution >= 4 is 34.3 Å². The summed E-state index contributed by atoms with van der Waals surface area (Å²) < 4.78 is 38.7. The highest BCUT2D eigenvalue weighted by Crippen LogP contribution is 2.36. The number of allylic oxidation sites excluding steroid dienone is 1. The van der Waals surface area contributed by atoms with Gasteiger partial charge in [0.1, 0.15) is 34.3 Å². The third-order valence-electron chi connectivity index (χ3n) is 5.51. The summed E-state index contributed by atoms with van der Waals surface area (Å²) in [5, 5.41) is 3.91. The number of aromatic amines is 1. The van der Waals surface area contributed by atoms with Crippen LogP contribution in [0.3, 0.4) is 0 Å². The lowest BCUT2D eigenvalue weighted by atomic mass is 10.00. The van der Waals surface area contributed by atoms with E-state index in [1.165, 1.54) is 0 Å². The smallest absolute Gasteiger partial charge is 0.387 e. The lowest BCUT2D eigenvalue weighted by Gasteiger charge is -2.23. The van der Waals surface area contributed by atoms with Crippen molar-refractivity contribution in [3.8, 4) is 11.5 Å². The van der Waals surface area contributed by atoms with Crippen LogP contribution in [0.15, 0.2) is 72.8 Å². The maximum Gasteiger partial charge on any atom is 0.387 e. The van der Waals surface area contributed by atoms with E-state index in [1.54, 1.807) is 18.2 Å². The van der Waals surface area contributed by atoms with E-state index in [9.17, 15) is 8.78 Å². The molecule has 33 heavy (non-hydrogen) atoms. The van der Waals surface area contributed by atoms with E-state index in [1.807, 2.05) is 66.1 Å². The number of anilines is 1. The van der Waals surface area contributed by atoms with Crippen molar-refractivity contribution < 1.29 is 22.8 Å². The fourth-order valence-corrected chi connectivity index (χ4v) is 4.38. The summed E-state index contributed by atoms with van der Waals surface area (Å²) in [6.07, 6.45) is 1.98. The van der Waals surface area contributed by atoms with Gasteiger partial charge in [0.05, 0.1) is 11.6 Å². The van der Waals surface area contributed by atoms with Crippen molar-refractivity contribution in [3.63, 3.8) is 0 Å². The number of nitrogens with one attached hydrogen (secondary N) is 2. The van der Waals surface area contributed by atoms with Crippen LogP contribution >= 0.6 is 11.6 Å². The fourth-order valence-electron chi connectivity index (χ4n) is 4.15. The van der Waals surface area contributed by atoms with Crippen LogP contribution < -0.4 is 19.4 Å². The third kappa shape index (κ3) is 4.00. The molecule has 1 atom stereocenters. The number of rotatable bonds is 6. The number of nitrogens with zero attached hydrogens (tertiary/aromatic N) is 1. The number of alkyl halides is 2. The van der Waals surface area contributed by atoms with Gasteiger partial charge in [-0.25, -0.2) is 14.9 Å². The first kappa shape index (κ1) is 21.3. The molecule has 1 aliphatic rings. The van der Waals surface area contributed by atoms with Crippen molar-refractivity contribution in [2.24, 2.45) is 0 Å². The Morgan fingerprint density at radius 2 is 1.82 bits per heavy atom. The molecule has 1 aromatic heterocycles. The molecule has 1 aliphatic heterocycles. The highest BCUT2D eigenvalue weighted by atomic mass is 35.5. The molecule has 0 amide bonds. The van der Waals surface area contributed by atoms with Crippen LogP contribution in [-0.4, -0.2) is 18.2 Å². The number of aromatic nitrogens is 2. The van der Waals surface area contributed by atoms with Gasteiger partial charge < -0.3 is 9.47 Å². The monoisotopic (exact) mass is 468 g/mol. The first-order chi connectivity index (χ1) is 16.0. The Kier molecular flexibility index (Phi) is 5.64. The minimum atomic E-state index is -2.92. The van der Waals surface area contributed by atoms with E-state index in [4.69, 9.17) is 21.1 Å². The van der Waals surface area contributed by atoms with E-state index in [0.29, 0.717) is 22.9 Å². The van der Waals surface area contributed by atoms with Gasteiger partial charge in [0, 0.05) is 11.1 Å². The predicted octanol–water partition coefficient (Wildman–Crippen LogP) is 6.16. The van der Waals surface area contributed by atoms with Crippen molar-refractivity contribution in [3.05, 3.63) is 89.0 Å². The van der Waals surface area contributed by atoms with Gasteiger partial charge in [-0.3, -0.25) is 0 Å². The molecule has 0 fully saturated rings. The van der Waals surface area contributed by atoms with Gasteiger partial charge in [0.2, 0.25) is 0 Å². The molecule has 168 valence electrons. The Bertz CT molecular complexity index is 1350. The minimum absolute atomic E-state index is 0.128. The van der Waals surface area contributed by atoms with E-state index >= 15 is 0 Å². The van der Waals surface area contributed by atoms with Crippen molar-refractivity contribution in [1.29, 1.82) is 0 Å². The van der Waals surface area contributed by atoms with Crippen LogP contribution in [0, 0.1) is 0 Å². The van der Waals surface area contributed by atoms with Crippen LogP contribution in [0.25, 0.3) is 16.7 Å². The number of hydrogen-bond acceptors (Lipinski definition) is 3. The zero-order valence-electron chi connectivity index (χ0n) is 17.7. The molecule has 1 unspecified atom stereocenters. The summed E-state index contributed by atoms with van der Waals surface area (Å²) in [6.45, 7) is -0.514. The summed E-state index contributed by atoms with van der Waals surface area (Å²) in [4.78, 5) is 3.39. The fraction of sp³-hybridized carbons (Fsp3) is 0.160. The lowest BCUT2D eigenvalue weighted by molar-refractivity contribution is -0.664. The Morgan fingerprint density at radius 3 is 2.61 bits per heavy atom. The molecular formula is C25H21ClF2N3O2+. The predicted molar refractivity (Wildman–Crippen MR) is 124 cm³/mol. The molecule has 0 saturated heterocycles. The molecule has 0 bridgehead atoms. The second-order valence-electron chi connectivity index (χ2n) is 7.51. The molecule has 8 heteroatoms. The van der Waals surface area contributed by atoms with Crippen molar-refractivity contribution in [2.45, 2.75) is 19.6 Å². The van der Waals surface area contributed by atoms with Gasteiger partial charge >= 0.3 is 12.6 Å². The molecule has 3 aromatic carbocycles. The summed E-state index contributed by atoms with van der Waals surface area (Å²) >= 11 is 6.43. The largest absolute Gasteiger partial charge is 0.492 e. The quantitative estimate of drug-likeness (QED) is 0.333. The van der Waals surface area contributed by atoms with Gasteiger partial charge in [-0.05, 0) is 49.4 Å². The Balaban J connectivity index is 1.67. The number of ether oxygens (including phenoxy) is 2. The molecule has 0 spiro atoms. The molecule has 5 nitrogen and oxygen atoms in total. The molecular weight excluding hydrogens is 448 g/mol. The first-order valence-corrected chi connectivity index (χ1v) is 10.9. The van der Waals surface area contributed by atoms with Crippen molar-refractivity contribution in [2.75, 3.05) is 11.9 Å². The van der Waals surface area contributed by atoms with E-state index in [2.05, 4.69) is 10.3 Å². The van der Waals surface area contributed by atoms with E-state index in [-0.39, 0.29) is 5.75 Å². The van der Waals surface area contributed by atoms with E-state index < -0.39 is 12.7 Å². The average Bonchev–Trinajstić information content (AvgIpc) is 3.18. The molecule has 0 aliphatic carbocycles. The third-order valence-corrected chi connectivity index (χ3v) is 5.81. The highest BCUT2D eigenvalue weighted by molar-refractivity contribution is 6.32. The number of imidazole rings is 1. The number of para-hydroxylation sites is 3. The normalized spacial score (nSPS) is 15.2. The highest BCUT2D eigenvalue weighted by Gasteiger charge is 2.33. The summed E-state index contributed by atoms with van der Waals surface area (Å²) in [5.41, 5.74) is 4.08. The Hall–Kier alpha value is -3.58. The van der Waals surface area contributed by atoms with E-state index in [0.717, 1.165) is 28.2 Å². The summed E-state index contributed by atoms with van der Waals surface area (Å²) in [7, 11) is 0. The van der Waals surface area contributed by atoms with Crippen LogP contribution in [0.5, 0.6) is 11.5 Å². The van der Waals surface area contributed by atoms with Gasteiger partial charge in [-0.1, -0.05) is 41.9 Å². The minimum Gasteiger partial charge on any atom is -0.492 e. The second-order valence-corrected chi connectivity index (χ2v) is 7.91. The molecule has 0 radical (unpaired) electrons. The van der Waals surface area contributed by atoms with Gasteiger partial charge in [0.25, 0.3) is 0 Å². The van der Waals surface area contributed by atoms with Gasteiger partial charge in [-0.2, -0.15) is 8.78 Å². The zero-order valence-corrected chi connectivity index (χ0v) is 18.4. The van der Waals surface area contributed by atoms with Crippen LogP contribution in [-0.2, 0) is 0 Å². The number of fused-ring (bicyclic) bond motifs is 3. The van der Waals surface area contributed by atoms with Crippen LogP contribution in [0.1, 0.15) is 24.1 Å². The standard InChI is InChI=1S/C25H20ClF2N3O2/c1-2-32-23-12-11-15(13-17(23)26)19-14-21(16-7-3-6-10-22(16)33-24(27)28)31-20-9-5-4-8-18(20)29-25(31)30-19/h3-14,21,24H,2H2,1H3,(H,29,30)/p+1. The maximum absolute atomic E-state index is 13.2. The molecule has 2 heterocycles. The average molecular weight is 469 g/mol. The molecule has 5 rings (SSSR count). The summed E-state index contributed by atoms with van der Waals surface area (Å²) in [6, 6.07) is 19.8. The number of hydrogen-bond donors (Lipinski definition) is 2. The molecule has 4 aromatic rings. The van der Waals surface area contributed by atoms with Gasteiger partial charge in [-0.15, -0.1) is 0 Å². The Morgan fingerprint density at radius 1 is 1.03 bits per heavy atom. The Labute approximate surface area is 194 Å². The number of halogens is 3. The van der Waals surface area contributed by atoms with Crippen LogP contribution in [0.4, 0.5) is 14.7 Å². The number of benzene rings is 3. The SMILES string of the molecule is CCOc1ccc(C2=CC(c3ccccc3OC(F)F)[n+]3c([nH]c4ccccc43)N2)cc1Cl. The van der Waals surface area contributed by atoms with Gasteiger partial charge in [0.15, 0.2) is 0 Å². The maximum atomic E-state index is 13.2. The lowest BCUT2D eigenvalue weighted by Crippen LogP contribution is -2.43. The molecule has 2 N–H and O–H groups in total. The van der Waals surface area contributed by atoms with Crippen molar-refractivity contribution in [1.82, 2.24) is 4.98 Å². The first-order valence-electron chi connectivity index (χ1n) is 10.5.